The van der Waals surface area contributed by atoms with Gasteiger partial charge in [0.1, 0.15) is 5.69 Å². The predicted octanol–water partition coefficient (Wildman–Crippen LogP) is 2.99. The molecule has 0 saturated carbocycles. The van der Waals surface area contributed by atoms with Crippen LogP contribution in [0.2, 0.25) is 0 Å². The maximum absolute atomic E-state index is 12.8. The van der Waals surface area contributed by atoms with Gasteiger partial charge >= 0.3 is 0 Å². The lowest BCUT2D eigenvalue weighted by atomic mass is 9.87. The summed E-state index contributed by atoms with van der Waals surface area (Å²) in [6.07, 6.45) is 0.963. The number of nitrogens with one attached hydrogen (secondary N) is 2. The number of nitrogens with zero attached hydrogens (tertiary/aromatic N) is 1. The molecule has 0 aliphatic heterocycles. The van der Waals surface area contributed by atoms with Crippen LogP contribution in [0.1, 0.15) is 31.9 Å². The van der Waals surface area contributed by atoms with E-state index in [1.807, 2.05) is 26.8 Å². The molecular weight excluding hydrogens is 442 g/mol. The molecule has 0 bridgehead atoms. The van der Waals surface area contributed by atoms with Crippen LogP contribution in [-0.4, -0.2) is 41.1 Å². The van der Waals surface area contributed by atoms with E-state index < -0.39 is 30.5 Å². The van der Waals surface area contributed by atoms with Crippen molar-refractivity contribution in [2.75, 3.05) is 24.7 Å². The molecule has 170 valence electrons. The highest BCUT2D eigenvalue weighted by atomic mass is 32.2. The quantitative estimate of drug-likeness (QED) is 0.345. The van der Waals surface area contributed by atoms with Gasteiger partial charge < -0.3 is 5.32 Å². The molecular formula is C20H27N3O6S2. The van der Waals surface area contributed by atoms with E-state index in [1.165, 1.54) is 12.1 Å². The van der Waals surface area contributed by atoms with E-state index in [0.717, 1.165) is 17.9 Å². The van der Waals surface area contributed by atoms with Crippen molar-refractivity contribution in [2.45, 2.75) is 42.9 Å². The van der Waals surface area contributed by atoms with Gasteiger partial charge in [-0.05, 0) is 41.7 Å². The third-order valence-electron chi connectivity index (χ3n) is 4.67. The van der Waals surface area contributed by atoms with Crippen LogP contribution in [0.15, 0.2) is 46.2 Å². The van der Waals surface area contributed by atoms with Crippen LogP contribution >= 0.6 is 0 Å². The molecule has 0 heterocycles. The minimum absolute atomic E-state index is 0.0213. The summed E-state index contributed by atoms with van der Waals surface area (Å²) in [5.41, 5.74) is 0.983. The number of aryl methyl sites for hydroxylation is 1. The van der Waals surface area contributed by atoms with Crippen molar-refractivity contribution in [3.8, 4) is 0 Å². The van der Waals surface area contributed by atoms with Gasteiger partial charge in [-0.1, -0.05) is 32.9 Å². The number of sulfonamides is 1. The monoisotopic (exact) mass is 469 g/mol. The Hall–Kier alpha value is -2.50. The molecule has 0 aliphatic rings. The van der Waals surface area contributed by atoms with E-state index in [0.29, 0.717) is 5.56 Å². The summed E-state index contributed by atoms with van der Waals surface area (Å²) in [6.45, 7) is 7.74. The Morgan fingerprint density at radius 1 is 1.00 bits per heavy atom. The Kier molecular flexibility index (Phi) is 7.14. The fourth-order valence-electron chi connectivity index (χ4n) is 2.86. The third-order valence-corrected chi connectivity index (χ3v) is 7.38. The number of nitro benzene ring substituents is 1. The molecule has 9 nitrogen and oxygen atoms in total. The maximum atomic E-state index is 12.8. The number of rotatable bonds is 8. The number of hydrogen-bond donors (Lipinski definition) is 2. The number of hydrogen-bond acceptors (Lipinski definition) is 7. The molecule has 2 aromatic carbocycles. The topological polar surface area (TPSA) is 135 Å². The average molecular weight is 470 g/mol. The summed E-state index contributed by atoms with van der Waals surface area (Å²) in [5.74, 6) is 0. The lowest BCUT2D eigenvalue weighted by Crippen LogP contribution is -2.30. The lowest BCUT2D eigenvalue weighted by molar-refractivity contribution is -0.384. The first-order valence-corrected chi connectivity index (χ1v) is 12.8. The minimum Gasteiger partial charge on any atom is -0.378 e. The molecule has 0 spiro atoms. The van der Waals surface area contributed by atoms with Crippen molar-refractivity contribution < 1.29 is 21.8 Å². The lowest BCUT2D eigenvalue weighted by Gasteiger charge is -2.21. The molecule has 2 N–H and O–H groups in total. The summed E-state index contributed by atoms with van der Waals surface area (Å²) in [5, 5.41) is 14.1. The van der Waals surface area contributed by atoms with E-state index in [1.54, 1.807) is 19.1 Å². The summed E-state index contributed by atoms with van der Waals surface area (Å²) in [4.78, 5) is 10.6. The van der Waals surface area contributed by atoms with E-state index in [9.17, 15) is 26.9 Å². The fourth-order valence-corrected chi connectivity index (χ4v) is 4.80. The molecule has 0 aromatic heterocycles. The van der Waals surface area contributed by atoms with E-state index in [-0.39, 0.29) is 34.0 Å². The molecule has 0 fully saturated rings. The summed E-state index contributed by atoms with van der Waals surface area (Å²) in [6, 6.07) is 8.84. The van der Waals surface area contributed by atoms with E-state index >= 15 is 0 Å². The molecule has 31 heavy (non-hydrogen) atoms. The molecule has 0 saturated heterocycles. The van der Waals surface area contributed by atoms with Crippen molar-refractivity contribution in [3.63, 3.8) is 0 Å². The van der Waals surface area contributed by atoms with Crippen LogP contribution in [0, 0.1) is 17.0 Å². The molecule has 0 radical (unpaired) electrons. The zero-order valence-corrected chi connectivity index (χ0v) is 19.7. The van der Waals surface area contributed by atoms with Crippen LogP contribution in [0.3, 0.4) is 0 Å². The van der Waals surface area contributed by atoms with Crippen LogP contribution in [0.4, 0.5) is 11.4 Å². The van der Waals surface area contributed by atoms with Gasteiger partial charge in [0.15, 0.2) is 9.84 Å². The Labute approximate surface area is 183 Å². The van der Waals surface area contributed by atoms with Gasteiger partial charge in [-0.25, -0.2) is 21.6 Å². The number of benzene rings is 2. The molecule has 0 atom stereocenters. The summed E-state index contributed by atoms with van der Waals surface area (Å²) < 4.78 is 51.2. The van der Waals surface area contributed by atoms with Gasteiger partial charge in [0.05, 0.1) is 14.7 Å². The second kappa shape index (κ2) is 8.93. The van der Waals surface area contributed by atoms with Gasteiger partial charge in [0.2, 0.25) is 10.0 Å². The Balaban J connectivity index is 2.13. The highest BCUT2D eigenvalue weighted by molar-refractivity contribution is 7.90. The average Bonchev–Trinajstić information content (AvgIpc) is 2.63. The largest absolute Gasteiger partial charge is 0.378 e. The molecule has 11 heteroatoms. The molecule has 0 aliphatic carbocycles. The smallest absolute Gasteiger partial charge is 0.293 e. The van der Waals surface area contributed by atoms with Gasteiger partial charge in [-0.15, -0.1) is 0 Å². The SMILES string of the molecule is Cc1ccc(C(C)(C)C)cc1S(=O)(=O)NCCNc1ccc(S(C)(=O)=O)cc1[N+](=O)[O-]. The zero-order chi connectivity index (χ0) is 23.6. The van der Waals surface area contributed by atoms with Crippen LogP contribution in [0.25, 0.3) is 0 Å². The van der Waals surface area contributed by atoms with E-state index in [4.69, 9.17) is 0 Å². The van der Waals surface area contributed by atoms with Gasteiger partial charge in [-0.2, -0.15) is 0 Å². The van der Waals surface area contributed by atoms with Crippen LogP contribution in [-0.2, 0) is 25.3 Å². The van der Waals surface area contributed by atoms with Crippen LogP contribution < -0.4 is 10.0 Å². The first-order chi connectivity index (χ1) is 14.1. The maximum Gasteiger partial charge on any atom is 0.293 e. The molecule has 2 aromatic rings. The second-order valence-electron chi connectivity index (χ2n) is 8.26. The number of sulfone groups is 1. The normalized spacial score (nSPS) is 12.5. The van der Waals surface area contributed by atoms with Crippen molar-refractivity contribution >= 4 is 31.2 Å². The van der Waals surface area contributed by atoms with Gasteiger partial charge in [0.25, 0.3) is 5.69 Å². The molecule has 0 unspecified atom stereocenters. The van der Waals surface area contributed by atoms with Gasteiger partial charge in [0, 0.05) is 25.4 Å². The molecule has 2 rings (SSSR count). The van der Waals surface area contributed by atoms with Crippen molar-refractivity contribution in [3.05, 3.63) is 57.6 Å². The van der Waals surface area contributed by atoms with Crippen molar-refractivity contribution in [1.29, 1.82) is 0 Å². The highest BCUT2D eigenvalue weighted by Gasteiger charge is 2.22. The van der Waals surface area contributed by atoms with Crippen molar-refractivity contribution in [2.24, 2.45) is 0 Å². The highest BCUT2D eigenvalue weighted by Crippen LogP contribution is 2.28. The second-order valence-corrected chi connectivity index (χ2v) is 12.0. The summed E-state index contributed by atoms with van der Waals surface area (Å²) in [7, 11) is -7.38. The Morgan fingerprint density at radius 2 is 1.65 bits per heavy atom. The predicted molar refractivity (Wildman–Crippen MR) is 120 cm³/mol. The summed E-state index contributed by atoms with van der Waals surface area (Å²) >= 11 is 0. The minimum atomic E-state index is -3.78. The van der Waals surface area contributed by atoms with Crippen molar-refractivity contribution in [1.82, 2.24) is 4.72 Å². The Morgan fingerprint density at radius 3 is 2.19 bits per heavy atom. The number of nitro groups is 1. The van der Waals surface area contributed by atoms with Crippen LogP contribution in [0.5, 0.6) is 0 Å². The number of anilines is 1. The standard InChI is InChI=1S/C20H27N3O6S2/c1-14-6-7-15(20(2,3)4)12-19(14)31(28,29)22-11-10-21-17-9-8-16(30(5,26)27)13-18(17)23(24)25/h6-9,12-13,21-22H,10-11H2,1-5H3. The zero-order valence-electron chi connectivity index (χ0n) is 18.1. The van der Waals surface area contributed by atoms with Gasteiger partial charge in [-0.3, -0.25) is 10.1 Å². The fraction of sp³-hybridized carbons (Fsp3) is 0.400. The first kappa shape index (κ1) is 24.8. The molecule has 0 amide bonds. The Bertz CT molecular complexity index is 1200. The van der Waals surface area contributed by atoms with E-state index in [2.05, 4.69) is 10.0 Å². The first-order valence-electron chi connectivity index (χ1n) is 9.46. The third kappa shape index (κ3) is 6.25.